The first-order chi connectivity index (χ1) is 10.8. The van der Waals surface area contributed by atoms with Gasteiger partial charge in [0.15, 0.2) is 0 Å². The van der Waals surface area contributed by atoms with Gasteiger partial charge in [-0.3, -0.25) is 4.79 Å². The number of hydrogen-bond acceptors (Lipinski definition) is 7. The van der Waals surface area contributed by atoms with E-state index in [4.69, 9.17) is 23.7 Å². The molecule has 0 spiro atoms. The molecule has 0 aliphatic carbocycles. The molecule has 0 bridgehead atoms. The van der Waals surface area contributed by atoms with Crippen molar-refractivity contribution in [3.8, 4) is 0 Å². The Kier molecular flexibility index (Phi) is 7.45. The van der Waals surface area contributed by atoms with Crippen molar-refractivity contribution < 1.29 is 33.3 Å². The van der Waals surface area contributed by atoms with Crippen molar-refractivity contribution in [2.45, 2.75) is 38.2 Å². The van der Waals surface area contributed by atoms with E-state index in [9.17, 15) is 9.59 Å². The molecule has 0 unspecified atom stereocenters. The van der Waals surface area contributed by atoms with Crippen LogP contribution in [0.25, 0.3) is 0 Å². The minimum atomic E-state index is -0.684. The number of carbonyl (C=O) groups is 2. The van der Waals surface area contributed by atoms with Gasteiger partial charge in [-0.05, 0) is 12.8 Å². The predicted octanol–water partition coefficient (Wildman–Crippen LogP) is 1.84. The first kappa shape index (κ1) is 17.0. The van der Waals surface area contributed by atoms with Crippen LogP contribution in [0.4, 0.5) is 4.79 Å². The van der Waals surface area contributed by atoms with Crippen molar-refractivity contribution in [2.75, 3.05) is 33.0 Å². The van der Waals surface area contributed by atoms with Crippen LogP contribution >= 0.6 is 0 Å². The largest absolute Gasteiger partial charge is 0.508 e. The van der Waals surface area contributed by atoms with Gasteiger partial charge in [0.25, 0.3) is 0 Å². The maximum atomic E-state index is 11.7. The van der Waals surface area contributed by atoms with Crippen LogP contribution in [-0.4, -0.2) is 51.3 Å². The Bertz CT molecular complexity index is 346. The molecule has 2 rings (SSSR count). The Morgan fingerprint density at radius 2 is 1.64 bits per heavy atom. The summed E-state index contributed by atoms with van der Waals surface area (Å²) in [6.07, 6.45) is 2.32. The Morgan fingerprint density at radius 1 is 1.00 bits per heavy atom. The fourth-order valence-electron chi connectivity index (χ4n) is 2.32. The second-order valence-corrected chi connectivity index (χ2v) is 5.31. The maximum absolute atomic E-state index is 11.7. The molecule has 0 saturated carbocycles. The van der Waals surface area contributed by atoms with Crippen LogP contribution in [0.3, 0.4) is 0 Å². The zero-order valence-electron chi connectivity index (χ0n) is 12.7. The van der Waals surface area contributed by atoms with Crippen molar-refractivity contribution in [2.24, 2.45) is 5.92 Å². The van der Waals surface area contributed by atoms with E-state index in [0.29, 0.717) is 58.5 Å². The Morgan fingerprint density at radius 3 is 2.32 bits per heavy atom. The maximum Gasteiger partial charge on any atom is 0.508 e. The van der Waals surface area contributed by atoms with Gasteiger partial charge in [-0.2, -0.15) is 0 Å². The van der Waals surface area contributed by atoms with Crippen molar-refractivity contribution in [3.63, 3.8) is 0 Å². The quantitative estimate of drug-likeness (QED) is 0.546. The smallest absolute Gasteiger partial charge is 0.458 e. The van der Waals surface area contributed by atoms with E-state index in [1.54, 1.807) is 0 Å². The minimum Gasteiger partial charge on any atom is -0.458 e. The zero-order valence-corrected chi connectivity index (χ0v) is 12.7. The zero-order chi connectivity index (χ0) is 15.6. The molecule has 2 heterocycles. The summed E-state index contributed by atoms with van der Waals surface area (Å²) in [4.78, 5) is 23.1. The third-order valence-electron chi connectivity index (χ3n) is 3.64. The molecule has 2 fully saturated rings. The number of hydrogen-bond donors (Lipinski definition) is 0. The van der Waals surface area contributed by atoms with Gasteiger partial charge in [-0.25, -0.2) is 4.79 Å². The van der Waals surface area contributed by atoms with Gasteiger partial charge in [0.2, 0.25) is 0 Å². The Labute approximate surface area is 130 Å². The lowest BCUT2D eigenvalue weighted by Crippen LogP contribution is -2.26. The molecule has 2 saturated heterocycles. The van der Waals surface area contributed by atoms with E-state index in [0.717, 1.165) is 0 Å². The summed E-state index contributed by atoms with van der Waals surface area (Å²) in [5.74, 6) is -0.336. The molecular weight excluding hydrogens is 292 g/mol. The third kappa shape index (κ3) is 6.19. The molecule has 2 aliphatic rings. The molecule has 0 atom stereocenters. The highest BCUT2D eigenvalue weighted by Crippen LogP contribution is 2.17. The molecule has 0 N–H and O–H groups in total. The van der Waals surface area contributed by atoms with Crippen molar-refractivity contribution in [1.82, 2.24) is 0 Å². The highest BCUT2D eigenvalue weighted by atomic mass is 16.7. The van der Waals surface area contributed by atoms with E-state index < -0.39 is 6.16 Å². The standard InChI is InChI=1S/C15H23O7/c16-14(12-2-8-18-9-3-12)20-6-1-7-21-15(17)22-13-4-10-19-11-5-13/h6,12-13H,1-5,7-11H2. The average molecular weight is 315 g/mol. The molecule has 125 valence electrons. The van der Waals surface area contributed by atoms with Crippen LogP contribution in [0.1, 0.15) is 32.1 Å². The van der Waals surface area contributed by atoms with Crippen LogP contribution in [0.5, 0.6) is 0 Å². The number of carbonyl (C=O) groups excluding carboxylic acids is 2. The predicted molar refractivity (Wildman–Crippen MR) is 74.8 cm³/mol. The fourth-order valence-corrected chi connectivity index (χ4v) is 2.32. The van der Waals surface area contributed by atoms with E-state index in [1.807, 2.05) is 0 Å². The highest BCUT2D eigenvalue weighted by molar-refractivity contribution is 5.72. The summed E-state index contributed by atoms with van der Waals surface area (Å²) < 4.78 is 25.5. The molecule has 0 aromatic heterocycles. The highest BCUT2D eigenvalue weighted by Gasteiger charge is 2.23. The van der Waals surface area contributed by atoms with Crippen molar-refractivity contribution in [1.29, 1.82) is 0 Å². The molecule has 7 heteroatoms. The molecule has 0 aromatic rings. The first-order valence-corrected chi connectivity index (χ1v) is 7.77. The summed E-state index contributed by atoms with van der Waals surface area (Å²) in [6.45, 7) is 3.91. The number of esters is 1. The Balaban J connectivity index is 1.47. The summed E-state index contributed by atoms with van der Waals surface area (Å²) in [5.41, 5.74) is 0. The monoisotopic (exact) mass is 315 g/mol. The molecule has 0 aromatic carbocycles. The van der Waals surface area contributed by atoms with E-state index in [1.165, 1.54) is 6.61 Å². The molecule has 22 heavy (non-hydrogen) atoms. The van der Waals surface area contributed by atoms with Crippen LogP contribution < -0.4 is 0 Å². The van der Waals surface area contributed by atoms with Crippen molar-refractivity contribution in [3.05, 3.63) is 6.61 Å². The first-order valence-electron chi connectivity index (χ1n) is 7.77. The van der Waals surface area contributed by atoms with Crippen molar-refractivity contribution >= 4 is 12.1 Å². The third-order valence-corrected chi connectivity index (χ3v) is 3.64. The number of rotatable bonds is 6. The summed E-state index contributed by atoms with van der Waals surface area (Å²) in [5, 5.41) is 0. The van der Waals surface area contributed by atoms with Gasteiger partial charge in [0.05, 0.1) is 25.7 Å². The number of ether oxygens (including phenoxy) is 5. The lowest BCUT2D eigenvalue weighted by Gasteiger charge is -2.21. The molecular formula is C15H23O7. The van der Waals surface area contributed by atoms with Crippen LogP contribution in [0.2, 0.25) is 0 Å². The van der Waals surface area contributed by atoms with Gasteiger partial charge in [-0.1, -0.05) is 0 Å². The Hall–Kier alpha value is -1.34. The molecule has 0 amide bonds. The van der Waals surface area contributed by atoms with Crippen LogP contribution in [-0.2, 0) is 28.5 Å². The summed E-state index contributed by atoms with van der Waals surface area (Å²) in [7, 11) is 0. The summed E-state index contributed by atoms with van der Waals surface area (Å²) in [6, 6.07) is 0. The SMILES string of the molecule is O=C(OCC[CH]OC(=O)C1CCOCC1)OC1CCOCC1. The van der Waals surface area contributed by atoms with Gasteiger partial charge in [0, 0.05) is 32.5 Å². The lowest BCUT2D eigenvalue weighted by molar-refractivity contribution is -0.148. The van der Waals surface area contributed by atoms with E-state index >= 15 is 0 Å². The molecule has 2 aliphatic heterocycles. The second-order valence-electron chi connectivity index (χ2n) is 5.31. The normalized spacial score (nSPS) is 20.4. The van der Waals surface area contributed by atoms with E-state index in [-0.39, 0.29) is 24.6 Å². The van der Waals surface area contributed by atoms with Gasteiger partial charge in [0.1, 0.15) is 12.7 Å². The van der Waals surface area contributed by atoms with Crippen LogP contribution in [0, 0.1) is 12.5 Å². The fraction of sp³-hybridized carbons (Fsp3) is 0.800. The minimum absolute atomic E-state index is 0.0931. The molecule has 7 nitrogen and oxygen atoms in total. The van der Waals surface area contributed by atoms with Gasteiger partial charge >= 0.3 is 12.1 Å². The average Bonchev–Trinajstić information content (AvgIpc) is 2.56. The second kappa shape index (κ2) is 9.63. The summed E-state index contributed by atoms with van der Waals surface area (Å²) >= 11 is 0. The molecule has 1 radical (unpaired) electrons. The van der Waals surface area contributed by atoms with Gasteiger partial charge < -0.3 is 23.7 Å². The van der Waals surface area contributed by atoms with E-state index in [2.05, 4.69) is 0 Å². The van der Waals surface area contributed by atoms with Crippen LogP contribution in [0.15, 0.2) is 0 Å². The van der Waals surface area contributed by atoms with Gasteiger partial charge in [-0.15, -0.1) is 0 Å². The topological polar surface area (TPSA) is 80.3 Å². The lowest BCUT2D eigenvalue weighted by atomic mass is 10.0.